The second-order valence-electron chi connectivity index (χ2n) is 1.19. The van der Waals surface area contributed by atoms with E-state index in [0.717, 1.165) is 6.08 Å². The fraction of sp³-hybridized carbons (Fsp3) is 0.167. The van der Waals surface area contributed by atoms with Gasteiger partial charge in [0.1, 0.15) is 0 Å². The average Bonchev–Trinajstić information content (AvgIpc) is 1.89. The number of aliphatic carboxylic acids is 2. The van der Waals surface area contributed by atoms with E-state index in [1.165, 1.54) is 0 Å². The maximum Gasteiger partial charge on any atom is 1.00 e. The van der Waals surface area contributed by atoms with E-state index >= 15 is 0 Å². The van der Waals surface area contributed by atoms with E-state index in [1.807, 2.05) is 0 Å². The molecular formula is C6H9LiO4. The Morgan fingerprint density at radius 1 is 1.45 bits per heavy atom. The molecule has 0 heterocycles. The van der Waals surface area contributed by atoms with Gasteiger partial charge in [-0.25, -0.2) is 4.79 Å². The summed E-state index contributed by atoms with van der Waals surface area (Å²) in [6, 6.07) is 0. The number of carboxylic acids is 2. The van der Waals surface area contributed by atoms with E-state index in [-0.39, 0.29) is 25.3 Å². The molecule has 5 heteroatoms. The molecule has 2 N–H and O–H groups in total. The van der Waals surface area contributed by atoms with Crippen LogP contribution in [0.5, 0.6) is 0 Å². The number of hydrogen-bond acceptors (Lipinski definition) is 2. The molecule has 0 bridgehead atoms. The van der Waals surface area contributed by atoms with Crippen LogP contribution in [0.2, 0.25) is 0 Å². The predicted octanol–water partition coefficient (Wildman–Crippen LogP) is -2.44. The molecule has 0 saturated carbocycles. The van der Waals surface area contributed by atoms with E-state index < -0.39 is 11.9 Å². The second-order valence-corrected chi connectivity index (χ2v) is 1.19. The van der Waals surface area contributed by atoms with Crippen LogP contribution in [0.3, 0.4) is 0 Å². The molecule has 0 rings (SSSR count). The Morgan fingerprint density at radius 2 is 1.64 bits per heavy atom. The van der Waals surface area contributed by atoms with Crippen molar-refractivity contribution >= 4 is 11.9 Å². The zero-order chi connectivity index (χ0) is 8.57. The smallest absolute Gasteiger partial charge is 0.483 e. The van der Waals surface area contributed by atoms with Crippen molar-refractivity contribution in [1.82, 2.24) is 0 Å². The van der Waals surface area contributed by atoms with Crippen LogP contribution in [-0.4, -0.2) is 22.2 Å². The molecule has 0 saturated heterocycles. The standard InChI is InChI=1S/C3H5O2.C3H4O2.Li/c2*1-2-3(4)5;/h1-2H2,(H,4,5);2H,1H2,(H,4,5);/q-1;;+1. The van der Waals surface area contributed by atoms with Gasteiger partial charge in [-0.1, -0.05) is 13.0 Å². The maximum absolute atomic E-state index is 9.31. The molecule has 0 aromatic carbocycles. The number of rotatable bonds is 2. The first-order valence-corrected chi connectivity index (χ1v) is 2.41. The summed E-state index contributed by atoms with van der Waals surface area (Å²) in [7, 11) is 0. The molecule has 0 spiro atoms. The molecule has 0 aliphatic heterocycles. The van der Waals surface area contributed by atoms with Crippen molar-refractivity contribution in [2.75, 3.05) is 0 Å². The van der Waals surface area contributed by atoms with Gasteiger partial charge in [0, 0.05) is 6.08 Å². The summed E-state index contributed by atoms with van der Waals surface area (Å²) < 4.78 is 0. The van der Waals surface area contributed by atoms with Crippen LogP contribution in [0.15, 0.2) is 12.7 Å². The molecule has 0 aliphatic rings. The number of carboxylic acid groups (broad SMARTS) is 2. The quantitative estimate of drug-likeness (QED) is 0.262. The third-order valence-corrected chi connectivity index (χ3v) is 0.388. The van der Waals surface area contributed by atoms with E-state index in [2.05, 4.69) is 13.5 Å². The van der Waals surface area contributed by atoms with Gasteiger partial charge in [0.2, 0.25) is 0 Å². The van der Waals surface area contributed by atoms with Crippen molar-refractivity contribution in [3.63, 3.8) is 0 Å². The largest absolute Gasteiger partial charge is 1.00 e. The van der Waals surface area contributed by atoms with Crippen molar-refractivity contribution in [2.45, 2.75) is 6.42 Å². The Labute approximate surface area is 77.1 Å². The third kappa shape index (κ3) is 45.7. The first-order valence-electron chi connectivity index (χ1n) is 2.41. The topological polar surface area (TPSA) is 74.6 Å². The van der Waals surface area contributed by atoms with Crippen LogP contribution in [0.1, 0.15) is 6.42 Å². The number of carbonyl (C=O) groups is 2. The second kappa shape index (κ2) is 12.0. The van der Waals surface area contributed by atoms with Crippen molar-refractivity contribution < 1.29 is 38.7 Å². The summed E-state index contributed by atoms with van der Waals surface area (Å²) in [5.74, 6) is -1.84. The van der Waals surface area contributed by atoms with Crippen LogP contribution >= 0.6 is 0 Å². The minimum Gasteiger partial charge on any atom is -0.483 e. The summed E-state index contributed by atoms with van der Waals surface area (Å²) in [5, 5.41) is 15.3. The zero-order valence-electron chi connectivity index (χ0n) is 6.41. The molecule has 0 amide bonds. The van der Waals surface area contributed by atoms with E-state index in [0.29, 0.717) is 0 Å². The maximum atomic E-state index is 9.31. The molecule has 4 nitrogen and oxygen atoms in total. The van der Waals surface area contributed by atoms with Crippen LogP contribution in [0, 0.1) is 6.92 Å². The molecular weight excluding hydrogens is 143 g/mol. The molecule has 58 valence electrons. The first-order chi connectivity index (χ1) is 4.54. The van der Waals surface area contributed by atoms with Gasteiger partial charge < -0.3 is 17.1 Å². The Morgan fingerprint density at radius 3 is 1.64 bits per heavy atom. The fourth-order valence-corrected chi connectivity index (χ4v) is 0. The van der Waals surface area contributed by atoms with E-state index in [1.54, 1.807) is 0 Å². The van der Waals surface area contributed by atoms with E-state index in [9.17, 15) is 9.59 Å². The van der Waals surface area contributed by atoms with Crippen molar-refractivity contribution in [3.8, 4) is 0 Å². The van der Waals surface area contributed by atoms with Crippen molar-refractivity contribution in [1.29, 1.82) is 0 Å². The normalized spacial score (nSPS) is 6.27. The molecule has 0 radical (unpaired) electrons. The summed E-state index contributed by atoms with van der Waals surface area (Å²) >= 11 is 0. The molecule has 0 aromatic heterocycles. The SMILES string of the molecule is C=CC(=O)O.[CH2-]CC(=O)O.[Li+]. The van der Waals surface area contributed by atoms with Gasteiger partial charge in [0.15, 0.2) is 0 Å². The zero-order valence-corrected chi connectivity index (χ0v) is 6.41. The Balaban J connectivity index is -0.000000107. The van der Waals surface area contributed by atoms with Crippen molar-refractivity contribution in [2.24, 2.45) is 0 Å². The van der Waals surface area contributed by atoms with Crippen LogP contribution in [0.4, 0.5) is 0 Å². The summed E-state index contributed by atoms with van der Waals surface area (Å²) in [5.41, 5.74) is 0. The van der Waals surface area contributed by atoms with Crippen LogP contribution in [0.25, 0.3) is 0 Å². The summed E-state index contributed by atoms with van der Waals surface area (Å²) in [6.45, 7) is 6.05. The average molecular weight is 152 g/mol. The minimum absolute atomic E-state index is 0. The molecule has 0 aliphatic carbocycles. The number of hydrogen-bond donors (Lipinski definition) is 2. The van der Waals surface area contributed by atoms with Crippen molar-refractivity contribution in [3.05, 3.63) is 19.6 Å². The van der Waals surface area contributed by atoms with Gasteiger partial charge in [-0.2, -0.15) is 0 Å². The monoisotopic (exact) mass is 152 g/mol. The molecule has 11 heavy (non-hydrogen) atoms. The first kappa shape index (κ1) is 16.7. The molecule has 0 aromatic rings. The van der Waals surface area contributed by atoms with Crippen LogP contribution < -0.4 is 18.9 Å². The van der Waals surface area contributed by atoms with E-state index in [4.69, 9.17) is 10.2 Å². The Kier molecular flexibility index (Phi) is 18.2. The summed E-state index contributed by atoms with van der Waals surface area (Å²) in [6.07, 6.45) is 0.806. The minimum atomic E-state index is -0.981. The molecule has 0 atom stereocenters. The van der Waals surface area contributed by atoms with Gasteiger partial charge in [0.25, 0.3) is 5.97 Å². The van der Waals surface area contributed by atoms with Crippen LogP contribution in [-0.2, 0) is 9.59 Å². The summed E-state index contributed by atoms with van der Waals surface area (Å²) in [4.78, 5) is 18.6. The third-order valence-electron chi connectivity index (χ3n) is 0.388. The Bertz CT molecular complexity index is 133. The molecule has 0 fully saturated rings. The van der Waals surface area contributed by atoms with Gasteiger partial charge >= 0.3 is 24.8 Å². The van der Waals surface area contributed by atoms with Gasteiger partial charge in [-0.05, 0) is 0 Å². The van der Waals surface area contributed by atoms with Gasteiger partial charge in [-0.15, -0.1) is 0 Å². The van der Waals surface area contributed by atoms with Gasteiger partial charge in [-0.3, -0.25) is 4.79 Å². The van der Waals surface area contributed by atoms with Gasteiger partial charge in [0.05, 0.1) is 0 Å². The fourth-order valence-electron chi connectivity index (χ4n) is 0. The molecule has 0 unspecified atom stereocenters. The predicted molar refractivity (Wildman–Crippen MR) is 35.4 cm³/mol. The Hall–Kier alpha value is -0.723.